The molecule has 50 heavy (non-hydrogen) atoms. The van der Waals surface area contributed by atoms with E-state index in [1.54, 1.807) is 0 Å². The SMILES string of the molecule is CC1(C)CC2CC(C)(CN2C[C@@H]2C[C@H](c3ccc(CO)cc3)O[C@H](c3ccc(-c4ccccc4CNC(=O)CCCCCC(=O)O)cc3)O2)C1. The summed E-state index contributed by atoms with van der Waals surface area (Å²) in [6.45, 7) is 9.74. The summed E-state index contributed by atoms with van der Waals surface area (Å²) in [6.07, 6.45) is 6.44. The summed E-state index contributed by atoms with van der Waals surface area (Å²) >= 11 is 0. The summed E-state index contributed by atoms with van der Waals surface area (Å²) in [5, 5.41) is 21.5. The van der Waals surface area contributed by atoms with Gasteiger partial charge in [0, 0.05) is 50.5 Å². The molecule has 8 nitrogen and oxygen atoms in total. The zero-order valence-corrected chi connectivity index (χ0v) is 29.9. The van der Waals surface area contributed by atoms with Gasteiger partial charge in [-0.1, -0.05) is 100.0 Å². The first-order chi connectivity index (χ1) is 24.0. The molecule has 1 aliphatic carbocycles. The van der Waals surface area contributed by atoms with Crippen LogP contribution < -0.4 is 5.32 Å². The number of carbonyl (C=O) groups excluding carboxylic acids is 1. The Morgan fingerprint density at radius 3 is 2.34 bits per heavy atom. The Bertz CT molecular complexity index is 1610. The first-order valence-corrected chi connectivity index (χ1v) is 18.4. The standard InChI is InChI=1S/C42H54N2O6/c1-41(2)22-34-23-42(3,27-41)28-44(34)25-35-21-37(31-15-13-29(26-45)14-16-31)50-40(49-35)32-19-17-30(18-20-32)36-10-8-7-9-33(36)24-43-38(46)11-5-4-6-12-39(47)48/h7-10,13-20,34-35,37,40,45H,4-6,11-12,21-28H2,1-3H3,(H,43,46)(H,47,48)/t34?,35-,37+,40+,42?/m0/s1. The van der Waals surface area contributed by atoms with Crippen molar-refractivity contribution in [2.75, 3.05) is 13.1 Å². The number of amides is 1. The van der Waals surface area contributed by atoms with Gasteiger partial charge in [-0.25, -0.2) is 0 Å². The number of aliphatic carboxylic acids is 1. The minimum Gasteiger partial charge on any atom is -0.481 e. The van der Waals surface area contributed by atoms with Crippen LogP contribution in [0.3, 0.4) is 0 Å². The predicted molar refractivity (Wildman–Crippen MR) is 194 cm³/mol. The maximum absolute atomic E-state index is 12.5. The number of fused-ring (bicyclic) bond motifs is 2. The average molecular weight is 683 g/mol. The Morgan fingerprint density at radius 1 is 0.880 bits per heavy atom. The molecular formula is C42H54N2O6. The summed E-state index contributed by atoms with van der Waals surface area (Å²) in [5.41, 5.74) is 6.81. The third-order valence-electron chi connectivity index (χ3n) is 10.9. The molecule has 0 aromatic heterocycles. The van der Waals surface area contributed by atoms with E-state index in [1.165, 1.54) is 19.3 Å². The number of nitrogens with zero attached hydrogens (tertiary/aromatic N) is 1. The Hall–Kier alpha value is -3.56. The van der Waals surface area contributed by atoms with Gasteiger partial charge in [-0.2, -0.15) is 0 Å². The van der Waals surface area contributed by atoms with Crippen LogP contribution in [0, 0.1) is 10.8 Å². The Kier molecular flexibility index (Phi) is 11.4. The number of aliphatic hydroxyl groups excluding tert-OH is 1. The monoisotopic (exact) mass is 682 g/mol. The molecule has 3 aliphatic rings. The Morgan fingerprint density at radius 2 is 1.60 bits per heavy atom. The van der Waals surface area contributed by atoms with Crippen molar-refractivity contribution >= 4 is 11.9 Å². The van der Waals surface area contributed by atoms with Crippen LogP contribution in [0.4, 0.5) is 0 Å². The number of carboxylic acids is 1. The second-order valence-corrected chi connectivity index (χ2v) is 16.0. The number of aliphatic hydroxyl groups is 1. The molecule has 2 heterocycles. The first kappa shape index (κ1) is 36.2. The third kappa shape index (κ3) is 9.21. The van der Waals surface area contributed by atoms with E-state index in [-0.39, 0.29) is 31.1 Å². The molecule has 3 aromatic rings. The van der Waals surface area contributed by atoms with E-state index in [1.807, 2.05) is 30.3 Å². The van der Waals surface area contributed by atoms with Crippen LogP contribution in [0.15, 0.2) is 72.8 Å². The van der Waals surface area contributed by atoms with Gasteiger partial charge in [0.15, 0.2) is 6.29 Å². The lowest BCUT2D eigenvalue weighted by Gasteiger charge is -2.41. The maximum Gasteiger partial charge on any atom is 0.303 e. The van der Waals surface area contributed by atoms with Crippen molar-refractivity contribution in [2.45, 2.75) is 116 Å². The van der Waals surface area contributed by atoms with Gasteiger partial charge in [-0.05, 0) is 70.8 Å². The zero-order valence-electron chi connectivity index (χ0n) is 29.9. The maximum atomic E-state index is 12.5. The van der Waals surface area contributed by atoms with Gasteiger partial charge in [-0.15, -0.1) is 0 Å². The molecule has 3 N–H and O–H groups in total. The van der Waals surface area contributed by atoms with Crippen molar-refractivity contribution in [3.05, 3.63) is 95.1 Å². The number of benzene rings is 3. The number of ether oxygens (including phenoxy) is 2. The van der Waals surface area contributed by atoms with E-state index in [9.17, 15) is 14.7 Å². The van der Waals surface area contributed by atoms with Crippen LogP contribution in [-0.2, 0) is 32.2 Å². The summed E-state index contributed by atoms with van der Waals surface area (Å²) in [6, 6.07) is 25.2. The molecule has 2 bridgehead atoms. The van der Waals surface area contributed by atoms with Crippen LogP contribution in [0.1, 0.15) is 113 Å². The van der Waals surface area contributed by atoms with Crippen molar-refractivity contribution in [1.29, 1.82) is 0 Å². The van der Waals surface area contributed by atoms with Gasteiger partial charge in [0.25, 0.3) is 0 Å². The molecule has 1 saturated carbocycles. The van der Waals surface area contributed by atoms with E-state index < -0.39 is 12.3 Å². The Balaban J connectivity index is 1.14. The molecule has 3 fully saturated rings. The molecule has 2 saturated heterocycles. The molecule has 2 unspecified atom stereocenters. The minimum atomic E-state index is -0.797. The minimum absolute atomic E-state index is 0.0171. The highest BCUT2D eigenvalue weighted by Crippen LogP contribution is 2.53. The van der Waals surface area contributed by atoms with Gasteiger partial charge in [0.05, 0.1) is 18.8 Å². The largest absolute Gasteiger partial charge is 0.481 e. The highest BCUT2D eigenvalue weighted by molar-refractivity contribution is 5.76. The van der Waals surface area contributed by atoms with Crippen LogP contribution in [0.25, 0.3) is 11.1 Å². The Labute approximate surface area is 297 Å². The molecule has 0 radical (unpaired) electrons. The van der Waals surface area contributed by atoms with E-state index in [4.69, 9.17) is 14.6 Å². The molecule has 6 rings (SSSR count). The summed E-state index contributed by atoms with van der Waals surface area (Å²) in [5.74, 6) is -0.822. The number of nitrogens with one attached hydrogen (secondary N) is 1. The summed E-state index contributed by atoms with van der Waals surface area (Å²) in [4.78, 5) is 25.9. The molecular weight excluding hydrogens is 628 g/mol. The molecule has 0 spiro atoms. The van der Waals surface area contributed by atoms with E-state index in [0.29, 0.717) is 42.7 Å². The van der Waals surface area contributed by atoms with Crippen LogP contribution in [0.5, 0.6) is 0 Å². The average Bonchev–Trinajstić information content (AvgIpc) is 3.33. The topological polar surface area (TPSA) is 108 Å². The third-order valence-corrected chi connectivity index (χ3v) is 10.9. The summed E-state index contributed by atoms with van der Waals surface area (Å²) < 4.78 is 13.5. The van der Waals surface area contributed by atoms with Crippen molar-refractivity contribution < 1.29 is 29.3 Å². The van der Waals surface area contributed by atoms with Crippen molar-refractivity contribution in [3.8, 4) is 11.1 Å². The summed E-state index contributed by atoms with van der Waals surface area (Å²) in [7, 11) is 0. The quantitative estimate of drug-likeness (QED) is 0.148. The van der Waals surface area contributed by atoms with Gasteiger partial charge < -0.3 is 25.0 Å². The number of hydrogen-bond donors (Lipinski definition) is 3. The number of carboxylic acid groups (broad SMARTS) is 1. The fraction of sp³-hybridized carbons (Fsp3) is 0.524. The highest BCUT2D eigenvalue weighted by Gasteiger charge is 2.50. The number of hydrogen-bond acceptors (Lipinski definition) is 6. The second-order valence-electron chi connectivity index (χ2n) is 16.0. The van der Waals surface area contributed by atoms with Crippen molar-refractivity contribution in [2.24, 2.45) is 10.8 Å². The fourth-order valence-corrected chi connectivity index (χ4v) is 8.88. The van der Waals surface area contributed by atoms with E-state index in [2.05, 4.69) is 73.5 Å². The van der Waals surface area contributed by atoms with Crippen LogP contribution >= 0.6 is 0 Å². The lowest BCUT2D eigenvalue weighted by atomic mass is 9.65. The molecule has 8 heteroatoms. The normalized spacial score (nSPS) is 26.1. The fourth-order valence-electron chi connectivity index (χ4n) is 8.88. The van der Waals surface area contributed by atoms with Gasteiger partial charge >= 0.3 is 5.97 Å². The van der Waals surface area contributed by atoms with E-state index >= 15 is 0 Å². The van der Waals surface area contributed by atoms with E-state index in [0.717, 1.165) is 59.3 Å². The van der Waals surface area contributed by atoms with Gasteiger partial charge in [0.2, 0.25) is 5.91 Å². The number of unbranched alkanes of at least 4 members (excludes halogenated alkanes) is 2. The molecule has 5 atom stereocenters. The van der Waals surface area contributed by atoms with Crippen LogP contribution in [-0.4, -0.2) is 52.2 Å². The van der Waals surface area contributed by atoms with Crippen molar-refractivity contribution in [3.63, 3.8) is 0 Å². The number of rotatable bonds is 14. The molecule has 3 aromatic carbocycles. The predicted octanol–water partition coefficient (Wildman–Crippen LogP) is 7.94. The van der Waals surface area contributed by atoms with Crippen LogP contribution in [0.2, 0.25) is 0 Å². The highest BCUT2D eigenvalue weighted by atomic mass is 16.7. The number of carbonyl (C=O) groups is 2. The van der Waals surface area contributed by atoms with Crippen molar-refractivity contribution in [1.82, 2.24) is 10.2 Å². The lowest BCUT2D eigenvalue weighted by Crippen LogP contribution is -2.42. The number of likely N-dealkylation sites (tertiary alicyclic amines) is 1. The lowest BCUT2D eigenvalue weighted by molar-refractivity contribution is -0.253. The molecule has 2 aliphatic heterocycles. The molecule has 1 amide bonds. The smallest absolute Gasteiger partial charge is 0.303 e. The second kappa shape index (κ2) is 15.8. The zero-order chi connectivity index (χ0) is 35.3. The molecule has 268 valence electrons. The first-order valence-electron chi connectivity index (χ1n) is 18.4. The van der Waals surface area contributed by atoms with Gasteiger partial charge in [-0.3, -0.25) is 14.5 Å². The van der Waals surface area contributed by atoms with Gasteiger partial charge in [0.1, 0.15) is 0 Å².